The number of hydrogen-bond donors (Lipinski definition) is 0. The Bertz CT molecular complexity index is 262. The van der Waals surface area contributed by atoms with Gasteiger partial charge in [0.2, 0.25) is 0 Å². The molecule has 0 saturated carbocycles. The third kappa shape index (κ3) is 3.30. The van der Waals surface area contributed by atoms with Crippen LogP contribution >= 0.6 is 0 Å². The lowest BCUT2D eigenvalue weighted by molar-refractivity contribution is 0.387. The van der Waals surface area contributed by atoms with E-state index in [0.717, 1.165) is 12.8 Å². The first-order chi connectivity index (χ1) is 6.11. The highest BCUT2D eigenvalue weighted by Crippen LogP contribution is 2.32. The van der Waals surface area contributed by atoms with Crippen LogP contribution in [-0.2, 0) is 9.52 Å². The Kier molecular flexibility index (Phi) is 4.70. The Balaban J connectivity index is 4.76. The van der Waals surface area contributed by atoms with E-state index in [-0.39, 0.29) is 4.75 Å². The fraction of sp³-hybridized carbons (Fsp3) is 0.917. The summed E-state index contributed by atoms with van der Waals surface area (Å²) >= 11 is 0. The monoisotopic (exact) mass is 218 g/mol. The maximum absolute atomic E-state index is 12.2. The molecule has 0 aromatic carbocycles. The standard InChI is InChI=1S/C12H26OS/c1-10(2)8-9-12(5,11(3)4)14(6,7)13/h10-11H,6,8-9H2,1-5,7H3. The van der Waals surface area contributed by atoms with Crippen LogP contribution in [0.5, 0.6) is 0 Å². The maximum atomic E-state index is 12.2. The zero-order valence-electron chi connectivity index (χ0n) is 10.6. The van der Waals surface area contributed by atoms with Gasteiger partial charge in [0.25, 0.3) is 0 Å². The number of hydrogen-bond acceptors (Lipinski definition) is 1. The normalized spacial score (nSPS) is 20.9. The van der Waals surface area contributed by atoms with Gasteiger partial charge in [-0.15, -0.1) is 0 Å². The van der Waals surface area contributed by atoms with Gasteiger partial charge in [0.15, 0.2) is 0 Å². The van der Waals surface area contributed by atoms with Crippen LogP contribution in [-0.4, -0.2) is 21.1 Å². The van der Waals surface area contributed by atoms with E-state index in [4.69, 9.17) is 0 Å². The molecule has 2 unspecified atom stereocenters. The van der Waals surface area contributed by atoms with Gasteiger partial charge in [0, 0.05) is 11.0 Å². The van der Waals surface area contributed by atoms with Crippen LogP contribution in [0, 0.1) is 11.8 Å². The van der Waals surface area contributed by atoms with Crippen molar-refractivity contribution < 1.29 is 4.21 Å². The molecule has 0 aliphatic heterocycles. The first-order valence-electron chi connectivity index (χ1n) is 5.43. The zero-order chi connectivity index (χ0) is 11.6. The summed E-state index contributed by atoms with van der Waals surface area (Å²) in [6.45, 7) is 10.8. The van der Waals surface area contributed by atoms with E-state index in [9.17, 15) is 4.21 Å². The molecule has 0 amide bonds. The van der Waals surface area contributed by atoms with Crippen molar-refractivity contribution in [3.05, 3.63) is 0 Å². The Labute approximate surface area is 90.3 Å². The molecule has 0 heterocycles. The quantitative estimate of drug-likeness (QED) is 0.648. The summed E-state index contributed by atoms with van der Waals surface area (Å²) in [4.78, 5) is 0. The lowest BCUT2D eigenvalue weighted by atomic mass is 9.89. The minimum Gasteiger partial charge on any atom is -0.268 e. The Morgan fingerprint density at radius 2 is 1.71 bits per heavy atom. The lowest BCUT2D eigenvalue weighted by Gasteiger charge is -2.36. The number of rotatable bonds is 5. The largest absolute Gasteiger partial charge is 0.268 e. The molecule has 14 heavy (non-hydrogen) atoms. The summed E-state index contributed by atoms with van der Waals surface area (Å²) in [5, 5.41) is 0. The molecular formula is C12H26OS. The smallest absolute Gasteiger partial charge is 0.0375 e. The van der Waals surface area contributed by atoms with Crippen LogP contribution < -0.4 is 0 Å². The molecule has 1 nitrogen and oxygen atoms in total. The highest BCUT2D eigenvalue weighted by molar-refractivity contribution is 8.00. The molecule has 0 aliphatic carbocycles. The van der Waals surface area contributed by atoms with Gasteiger partial charge in [-0.25, -0.2) is 0 Å². The highest BCUT2D eigenvalue weighted by Gasteiger charge is 2.34. The fourth-order valence-corrected chi connectivity index (χ4v) is 3.13. The van der Waals surface area contributed by atoms with Crippen molar-refractivity contribution in [3.8, 4) is 0 Å². The van der Waals surface area contributed by atoms with E-state index in [2.05, 4.69) is 40.5 Å². The van der Waals surface area contributed by atoms with Crippen LogP contribution in [0.2, 0.25) is 0 Å². The van der Waals surface area contributed by atoms with Crippen molar-refractivity contribution in [2.24, 2.45) is 11.8 Å². The second kappa shape index (κ2) is 4.69. The van der Waals surface area contributed by atoms with Crippen LogP contribution in [0.15, 0.2) is 0 Å². The zero-order valence-corrected chi connectivity index (χ0v) is 11.4. The van der Waals surface area contributed by atoms with E-state index in [1.54, 1.807) is 6.26 Å². The van der Waals surface area contributed by atoms with Crippen molar-refractivity contribution in [1.29, 1.82) is 0 Å². The summed E-state index contributed by atoms with van der Waals surface area (Å²) in [7, 11) is -1.96. The maximum Gasteiger partial charge on any atom is 0.0375 e. The molecule has 0 bridgehead atoms. The van der Waals surface area contributed by atoms with E-state index >= 15 is 0 Å². The summed E-state index contributed by atoms with van der Waals surface area (Å²) < 4.78 is 12.0. The van der Waals surface area contributed by atoms with Crippen molar-refractivity contribution in [2.75, 3.05) is 6.26 Å². The minimum absolute atomic E-state index is 0.114. The van der Waals surface area contributed by atoms with Gasteiger partial charge < -0.3 is 0 Å². The molecule has 2 atom stereocenters. The topological polar surface area (TPSA) is 17.1 Å². The average Bonchev–Trinajstić information content (AvgIpc) is 1.97. The third-order valence-corrected chi connectivity index (χ3v) is 6.07. The lowest BCUT2D eigenvalue weighted by Crippen LogP contribution is -2.40. The summed E-state index contributed by atoms with van der Waals surface area (Å²) in [6, 6.07) is 0. The predicted octanol–water partition coefficient (Wildman–Crippen LogP) is 3.18. The molecule has 0 aliphatic rings. The van der Waals surface area contributed by atoms with Crippen LogP contribution in [0.3, 0.4) is 0 Å². The van der Waals surface area contributed by atoms with Gasteiger partial charge in [-0.2, -0.15) is 0 Å². The molecular weight excluding hydrogens is 192 g/mol. The molecule has 86 valence electrons. The molecule has 2 heteroatoms. The molecule has 0 fully saturated rings. The Morgan fingerprint density at radius 3 is 1.93 bits per heavy atom. The van der Waals surface area contributed by atoms with Crippen LogP contribution in [0.4, 0.5) is 0 Å². The van der Waals surface area contributed by atoms with Gasteiger partial charge in [0.1, 0.15) is 0 Å². The van der Waals surface area contributed by atoms with Crippen molar-refractivity contribution in [2.45, 2.75) is 52.2 Å². The van der Waals surface area contributed by atoms with E-state index in [1.165, 1.54) is 0 Å². The van der Waals surface area contributed by atoms with Crippen LogP contribution in [0.25, 0.3) is 0 Å². The minimum atomic E-state index is -1.96. The van der Waals surface area contributed by atoms with E-state index in [1.807, 2.05) is 0 Å². The average molecular weight is 218 g/mol. The fourth-order valence-electron chi connectivity index (χ4n) is 1.58. The van der Waals surface area contributed by atoms with Crippen LogP contribution in [0.1, 0.15) is 47.5 Å². The van der Waals surface area contributed by atoms with Gasteiger partial charge >= 0.3 is 0 Å². The summed E-state index contributed by atoms with van der Waals surface area (Å²) in [5.74, 6) is 4.97. The molecule has 0 radical (unpaired) electrons. The third-order valence-electron chi connectivity index (χ3n) is 3.43. The Hall–Kier alpha value is 0.0200. The second-order valence-electron chi connectivity index (χ2n) is 5.40. The molecule has 0 spiro atoms. The molecule has 0 N–H and O–H groups in total. The van der Waals surface area contributed by atoms with Gasteiger partial charge in [0.05, 0.1) is 0 Å². The van der Waals surface area contributed by atoms with Crippen molar-refractivity contribution >= 4 is 15.4 Å². The molecule has 0 saturated heterocycles. The molecule has 0 aromatic rings. The van der Waals surface area contributed by atoms with Gasteiger partial charge in [-0.3, -0.25) is 4.21 Å². The second-order valence-corrected chi connectivity index (χ2v) is 8.35. The van der Waals surface area contributed by atoms with Gasteiger partial charge in [-0.1, -0.05) is 27.7 Å². The highest BCUT2D eigenvalue weighted by atomic mass is 32.2. The van der Waals surface area contributed by atoms with Gasteiger partial charge in [-0.05, 0) is 47.0 Å². The SMILES string of the molecule is C=S(C)(=O)C(C)(CCC(C)C)C(C)C. The molecule has 0 rings (SSSR count). The van der Waals surface area contributed by atoms with Crippen molar-refractivity contribution in [1.82, 2.24) is 0 Å². The first kappa shape index (κ1) is 14.0. The van der Waals surface area contributed by atoms with E-state index < -0.39 is 9.52 Å². The van der Waals surface area contributed by atoms with E-state index in [0.29, 0.717) is 11.8 Å². The summed E-state index contributed by atoms with van der Waals surface area (Å²) in [5.41, 5.74) is 0. The Morgan fingerprint density at radius 1 is 1.29 bits per heavy atom. The predicted molar refractivity (Wildman–Crippen MR) is 68.5 cm³/mol. The first-order valence-corrected chi connectivity index (χ1v) is 7.56. The van der Waals surface area contributed by atoms with Crippen molar-refractivity contribution in [3.63, 3.8) is 0 Å². The molecule has 0 aromatic heterocycles. The summed E-state index contributed by atoms with van der Waals surface area (Å²) in [6.07, 6.45) is 3.95.